The van der Waals surface area contributed by atoms with Crippen molar-refractivity contribution < 1.29 is 0 Å². The summed E-state index contributed by atoms with van der Waals surface area (Å²) in [4.78, 5) is 2.31. The van der Waals surface area contributed by atoms with E-state index in [1.165, 1.54) is 27.8 Å². The number of aryl methyl sites for hydroxylation is 4. The van der Waals surface area contributed by atoms with E-state index in [2.05, 4.69) is 68.4 Å². The van der Waals surface area contributed by atoms with Crippen LogP contribution < -0.4 is 0 Å². The van der Waals surface area contributed by atoms with Gasteiger partial charge in [-0.2, -0.15) is 0 Å². The lowest BCUT2D eigenvalue weighted by molar-refractivity contribution is 0.319. The molecule has 0 fully saturated rings. The minimum Gasteiger partial charge on any atom is -0.303 e. The summed E-state index contributed by atoms with van der Waals surface area (Å²) in [7, 11) is 4.34. The van der Waals surface area contributed by atoms with E-state index < -0.39 is 0 Å². The van der Waals surface area contributed by atoms with Crippen LogP contribution in [0, 0.1) is 0 Å². The molecule has 1 heteroatoms. The van der Waals surface area contributed by atoms with Gasteiger partial charge in [0.25, 0.3) is 0 Å². The molecule has 1 nitrogen and oxygen atoms in total. The standard InChI is InChI=1S/C20H25N/c1-15(21(2)3)20-14-18-9-8-16-4-6-17(7-5-16)10-12-19(20)13-11-18/h4-7,11,13-15H,8-10,12H2,1-3H3/t15-/m0/s1. The number of nitrogens with zero attached hydrogens (tertiary/aromatic N) is 1. The summed E-state index contributed by atoms with van der Waals surface area (Å²) < 4.78 is 0. The Labute approximate surface area is 128 Å². The first-order valence-corrected chi connectivity index (χ1v) is 7.99. The summed E-state index contributed by atoms with van der Waals surface area (Å²) in [5.74, 6) is 0. The fourth-order valence-corrected chi connectivity index (χ4v) is 3.13. The highest BCUT2D eigenvalue weighted by Crippen LogP contribution is 2.26. The lowest BCUT2D eigenvalue weighted by Gasteiger charge is -2.24. The Hall–Kier alpha value is -1.60. The summed E-state index contributed by atoms with van der Waals surface area (Å²) in [6.07, 6.45) is 4.53. The quantitative estimate of drug-likeness (QED) is 0.796. The van der Waals surface area contributed by atoms with Gasteiger partial charge < -0.3 is 4.90 Å². The fourth-order valence-electron chi connectivity index (χ4n) is 3.13. The summed E-state index contributed by atoms with van der Waals surface area (Å²) in [5.41, 5.74) is 7.38. The van der Waals surface area contributed by atoms with E-state index in [0.29, 0.717) is 6.04 Å². The highest BCUT2D eigenvalue weighted by atomic mass is 15.1. The van der Waals surface area contributed by atoms with Crippen molar-refractivity contribution in [2.75, 3.05) is 14.1 Å². The Morgan fingerprint density at radius 3 is 1.90 bits per heavy atom. The first-order chi connectivity index (χ1) is 10.1. The highest BCUT2D eigenvalue weighted by molar-refractivity contribution is 5.36. The van der Waals surface area contributed by atoms with E-state index in [-0.39, 0.29) is 0 Å². The molecule has 1 atom stereocenters. The minimum atomic E-state index is 0.476. The van der Waals surface area contributed by atoms with Crippen molar-refractivity contribution in [1.29, 1.82) is 0 Å². The molecule has 4 aliphatic rings. The number of rotatable bonds is 2. The topological polar surface area (TPSA) is 3.24 Å². The van der Waals surface area contributed by atoms with Gasteiger partial charge in [-0.05, 0) is 74.5 Å². The lowest BCUT2D eigenvalue weighted by Crippen LogP contribution is -2.19. The molecule has 0 unspecified atom stereocenters. The van der Waals surface area contributed by atoms with Crippen LogP contribution in [0.1, 0.15) is 40.8 Å². The maximum absolute atomic E-state index is 2.44. The number of benzene rings is 2. The largest absolute Gasteiger partial charge is 0.303 e. The van der Waals surface area contributed by atoms with E-state index in [4.69, 9.17) is 0 Å². The van der Waals surface area contributed by atoms with Gasteiger partial charge in [0.15, 0.2) is 0 Å². The van der Waals surface area contributed by atoms with Crippen molar-refractivity contribution in [2.24, 2.45) is 0 Å². The van der Waals surface area contributed by atoms with E-state index in [9.17, 15) is 0 Å². The minimum absolute atomic E-state index is 0.476. The maximum Gasteiger partial charge on any atom is 0.0316 e. The van der Waals surface area contributed by atoms with Gasteiger partial charge in [-0.25, -0.2) is 0 Å². The molecule has 0 radical (unpaired) electrons. The van der Waals surface area contributed by atoms with Gasteiger partial charge in [0.1, 0.15) is 0 Å². The van der Waals surface area contributed by atoms with Gasteiger partial charge in [0, 0.05) is 6.04 Å². The normalized spacial score (nSPS) is 15.8. The predicted octanol–water partition coefficient (Wildman–Crippen LogP) is 4.19. The summed E-state index contributed by atoms with van der Waals surface area (Å²) in [5, 5.41) is 0. The average molecular weight is 279 g/mol. The third kappa shape index (κ3) is 3.19. The van der Waals surface area contributed by atoms with Crippen LogP contribution in [0.3, 0.4) is 0 Å². The molecule has 110 valence electrons. The molecule has 21 heavy (non-hydrogen) atoms. The Morgan fingerprint density at radius 1 is 0.762 bits per heavy atom. The van der Waals surface area contributed by atoms with Crippen molar-refractivity contribution in [1.82, 2.24) is 4.90 Å². The third-order valence-electron chi connectivity index (χ3n) is 4.84. The molecule has 0 N–H and O–H groups in total. The second-order valence-corrected chi connectivity index (χ2v) is 6.49. The Kier molecular flexibility index (Phi) is 4.12. The average Bonchev–Trinajstić information content (AvgIpc) is 2.49. The van der Waals surface area contributed by atoms with Crippen molar-refractivity contribution in [3.8, 4) is 0 Å². The summed E-state index contributed by atoms with van der Waals surface area (Å²) in [6, 6.07) is 16.8. The molecule has 6 rings (SSSR count). The zero-order valence-electron chi connectivity index (χ0n) is 13.4. The maximum atomic E-state index is 2.44. The van der Waals surface area contributed by atoms with Crippen molar-refractivity contribution in [3.05, 3.63) is 70.3 Å². The van der Waals surface area contributed by atoms with Crippen LogP contribution >= 0.6 is 0 Å². The molecule has 0 saturated carbocycles. The molecule has 4 bridgehead atoms. The van der Waals surface area contributed by atoms with Crippen LogP contribution in [0.15, 0.2) is 42.5 Å². The lowest BCUT2D eigenvalue weighted by atomic mass is 9.91. The Morgan fingerprint density at radius 2 is 1.29 bits per heavy atom. The Balaban J connectivity index is 1.99. The Bertz CT molecular complexity index is 610. The molecule has 4 aliphatic carbocycles. The summed E-state index contributed by atoms with van der Waals surface area (Å²) in [6.45, 7) is 2.31. The van der Waals surface area contributed by atoms with Crippen LogP contribution in [-0.2, 0) is 25.7 Å². The van der Waals surface area contributed by atoms with E-state index in [1.54, 1.807) is 0 Å². The van der Waals surface area contributed by atoms with Crippen molar-refractivity contribution >= 4 is 0 Å². The fraction of sp³-hybridized carbons (Fsp3) is 0.400. The van der Waals surface area contributed by atoms with E-state index in [0.717, 1.165) is 25.7 Å². The number of hydrogen-bond acceptors (Lipinski definition) is 1. The van der Waals surface area contributed by atoms with Crippen LogP contribution in [-0.4, -0.2) is 19.0 Å². The van der Waals surface area contributed by atoms with Crippen LogP contribution in [0.5, 0.6) is 0 Å². The number of hydrogen-bond donors (Lipinski definition) is 0. The second-order valence-electron chi connectivity index (χ2n) is 6.49. The molecular weight excluding hydrogens is 254 g/mol. The molecular formula is C20H25N. The van der Waals surface area contributed by atoms with Crippen molar-refractivity contribution in [3.63, 3.8) is 0 Å². The predicted molar refractivity (Wildman–Crippen MR) is 89.8 cm³/mol. The first kappa shape index (κ1) is 14.3. The molecule has 0 spiro atoms. The van der Waals surface area contributed by atoms with Crippen LogP contribution in [0.2, 0.25) is 0 Å². The smallest absolute Gasteiger partial charge is 0.0316 e. The molecule has 0 aliphatic heterocycles. The van der Waals surface area contributed by atoms with Gasteiger partial charge >= 0.3 is 0 Å². The van der Waals surface area contributed by atoms with Gasteiger partial charge in [-0.3, -0.25) is 0 Å². The SMILES string of the molecule is C[C@@H](c1cc2ccc1CCc1ccc(cc1)CC2)N(C)C. The summed E-state index contributed by atoms with van der Waals surface area (Å²) >= 11 is 0. The zero-order chi connectivity index (χ0) is 14.8. The van der Waals surface area contributed by atoms with Gasteiger partial charge in [0.2, 0.25) is 0 Å². The van der Waals surface area contributed by atoms with Crippen molar-refractivity contribution in [2.45, 2.75) is 38.6 Å². The second kappa shape index (κ2) is 6.03. The molecule has 0 saturated heterocycles. The van der Waals surface area contributed by atoms with Gasteiger partial charge in [-0.15, -0.1) is 0 Å². The molecule has 0 amide bonds. The molecule has 0 heterocycles. The molecule has 2 aromatic rings. The molecule has 0 aromatic heterocycles. The monoisotopic (exact) mass is 279 g/mol. The van der Waals surface area contributed by atoms with Gasteiger partial charge in [-0.1, -0.05) is 42.5 Å². The third-order valence-corrected chi connectivity index (χ3v) is 4.84. The van der Waals surface area contributed by atoms with Crippen LogP contribution in [0.25, 0.3) is 0 Å². The van der Waals surface area contributed by atoms with E-state index in [1.807, 2.05) is 0 Å². The highest BCUT2D eigenvalue weighted by Gasteiger charge is 2.14. The van der Waals surface area contributed by atoms with Gasteiger partial charge in [0.05, 0.1) is 0 Å². The first-order valence-electron chi connectivity index (χ1n) is 7.99. The van der Waals surface area contributed by atoms with Crippen LogP contribution in [0.4, 0.5) is 0 Å². The zero-order valence-corrected chi connectivity index (χ0v) is 13.4. The van der Waals surface area contributed by atoms with E-state index >= 15 is 0 Å². The molecule has 2 aromatic carbocycles.